The summed E-state index contributed by atoms with van der Waals surface area (Å²) in [5, 5.41) is 12.7. The first-order valence-corrected chi connectivity index (χ1v) is 7.84. The van der Waals surface area contributed by atoms with Gasteiger partial charge in [0.2, 0.25) is 17.5 Å². The number of rotatable bonds is 6. The van der Waals surface area contributed by atoms with Crippen LogP contribution in [-0.2, 0) is 6.54 Å². The van der Waals surface area contributed by atoms with Crippen LogP contribution in [0.5, 0.6) is 0 Å². The van der Waals surface area contributed by atoms with E-state index in [1.54, 1.807) is 0 Å². The maximum atomic E-state index is 12.9. The van der Waals surface area contributed by atoms with E-state index < -0.39 is 11.6 Å². The summed E-state index contributed by atoms with van der Waals surface area (Å²) in [4.78, 5) is 20.7. The van der Waals surface area contributed by atoms with E-state index >= 15 is 0 Å². The number of ketones is 1. The van der Waals surface area contributed by atoms with Crippen LogP contribution >= 0.6 is 0 Å². The standard InChI is InChI=1S/C16H19FN4O3/c17-13-3-1-12(2-4-13)15(23)16-18-14(24-19-16)11-21-7-5-20(6-8-21)9-10-22/h1-4,22H,5-11H2. The molecule has 0 aliphatic carbocycles. The van der Waals surface area contributed by atoms with E-state index in [1.165, 1.54) is 24.3 Å². The van der Waals surface area contributed by atoms with Gasteiger partial charge < -0.3 is 9.63 Å². The minimum atomic E-state index is -0.402. The first-order chi connectivity index (χ1) is 11.7. The Morgan fingerprint density at radius 2 is 1.83 bits per heavy atom. The van der Waals surface area contributed by atoms with Gasteiger partial charge in [-0.15, -0.1) is 0 Å². The number of halogens is 1. The topological polar surface area (TPSA) is 82.7 Å². The molecule has 1 aliphatic heterocycles. The van der Waals surface area contributed by atoms with Gasteiger partial charge in [-0.2, -0.15) is 4.98 Å². The van der Waals surface area contributed by atoms with Crippen molar-refractivity contribution >= 4 is 5.78 Å². The molecule has 1 aliphatic rings. The summed E-state index contributed by atoms with van der Waals surface area (Å²) >= 11 is 0. The lowest BCUT2D eigenvalue weighted by Gasteiger charge is -2.33. The fourth-order valence-corrected chi connectivity index (χ4v) is 2.65. The Labute approximate surface area is 138 Å². The van der Waals surface area contributed by atoms with Gasteiger partial charge >= 0.3 is 0 Å². The summed E-state index contributed by atoms with van der Waals surface area (Å²) in [6, 6.07) is 5.24. The lowest BCUT2D eigenvalue weighted by molar-refractivity contribution is 0.101. The van der Waals surface area contributed by atoms with Crippen LogP contribution in [0.3, 0.4) is 0 Å². The molecule has 0 radical (unpaired) electrons. The lowest BCUT2D eigenvalue weighted by Crippen LogP contribution is -2.46. The number of aliphatic hydroxyl groups excluding tert-OH is 1. The number of aliphatic hydroxyl groups is 1. The highest BCUT2D eigenvalue weighted by Crippen LogP contribution is 2.11. The molecule has 128 valence electrons. The number of carbonyl (C=O) groups excluding carboxylic acids is 1. The molecule has 8 heteroatoms. The summed E-state index contributed by atoms with van der Waals surface area (Å²) in [5.74, 6) is -0.426. The Morgan fingerprint density at radius 1 is 1.17 bits per heavy atom. The number of hydrogen-bond donors (Lipinski definition) is 1. The average Bonchev–Trinajstić information content (AvgIpc) is 3.05. The van der Waals surface area contributed by atoms with Gasteiger partial charge in [-0.3, -0.25) is 14.6 Å². The largest absolute Gasteiger partial charge is 0.395 e. The molecular formula is C16H19FN4O3. The second-order valence-electron chi connectivity index (χ2n) is 5.69. The second-order valence-corrected chi connectivity index (χ2v) is 5.69. The Balaban J connectivity index is 1.58. The quantitative estimate of drug-likeness (QED) is 0.773. The van der Waals surface area contributed by atoms with Crippen molar-refractivity contribution in [3.05, 3.63) is 47.4 Å². The van der Waals surface area contributed by atoms with Gasteiger partial charge in [-0.25, -0.2) is 4.39 Å². The molecule has 0 atom stereocenters. The highest BCUT2D eigenvalue weighted by Gasteiger charge is 2.21. The maximum Gasteiger partial charge on any atom is 0.243 e. The number of nitrogens with zero attached hydrogens (tertiary/aromatic N) is 4. The zero-order valence-corrected chi connectivity index (χ0v) is 13.2. The van der Waals surface area contributed by atoms with E-state index in [-0.39, 0.29) is 12.4 Å². The number of aromatic nitrogens is 2. The van der Waals surface area contributed by atoms with Gasteiger partial charge in [-0.1, -0.05) is 5.16 Å². The molecule has 1 fully saturated rings. The summed E-state index contributed by atoms with van der Waals surface area (Å²) < 4.78 is 18.1. The van der Waals surface area contributed by atoms with Crippen LogP contribution in [0.2, 0.25) is 0 Å². The normalized spacial score (nSPS) is 16.4. The lowest BCUT2D eigenvalue weighted by atomic mass is 10.1. The first-order valence-electron chi connectivity index (χ1n) is 7.84. The molecular weight excluding hydrogens is 315 g/mol. The van der Waals surface area contributed by atoms with Gasteiger partial charge in [0.05, 0.1) is 13.2 Å². The Hall–Kier alpha value is -2.16. The van der Waals surface area contributed by atoms with E-state index in [9.17, 15) is 9.18 Å². The molecule has 0 saturated carbocycles. The van der Waals surface area contributed by atoms with E-state index in [4.69, 9.17) is 9.63 Å². The molecule has 1 saturated heterocycles. The molecule has 0 bridgehead atoms. The van der Waals surface area contributed by atoms with Crippen molar-refractivity contribution in [3.8, 4) is 0 Å². The van der Waals surface area contributed by atoms with E-state index in [1.807, 2.05) is 0 Å². The maximum absolute atomic E-state index is 12.9. The average molecular weight is 334 g/mol. The van der Waals surface area contributed by atoms with Crippen LogP contribution in [0, 0.1) is 5.82 Å². The molecule has 2 heterocycles. The Morgan fingerprint density at radius 3 is 2.50 bits per heavy atom. The SMILES string of the molecule is O=C(c1ccc(F)cc1)c1noc(CN2CCN(CCO)CC2)n1. The van der Waals surface area contributed by atoms with Gasteiger partial charge in [0.25, 0.3) is 0 Å². The van der Waals surface area contributed by atoms with E-state index in [0.717, 1.165) is 26.2 Å². The Bertz CT molecular complexity index is 681. The van der Waals surface area contributed by atoms with Crippen molar-refractivity contribution in [1.82, 2.24) is 19.9 Å². The number of carbonyl (C=O) groups is 1. The third kappa shape index (κ3) is 4.02. The van der Waals surface area contributed by atoms with Gasteiger partial charge in [0, 0.05) is 38.3 Å². The number of benzene rings is 1. The zero-order valence-electron chi connectivity index (χ0n) is 13.2. The highest BCUT2D eigenvalue weighted by molar-refractivity contribution is 6.06. The van der Waals surface area contributed by atoms with Gasteiger partial charge in [0.15, 0.2) is 0 Å². The summed E-state index contributed by atoms with van der Waals surface area (Å²) in [5.41, 5.74) is 0.321. The third-order valence-electron chi connectivity index (χ3n) is 4.02. The first kappa shape index (κ1) is 16.7. The molecule has 24 heavy (non-hydrogen) atoms. The second kappa shape index (κ2) is 7.61. The molecule has 2 aromatic rings. The smallest absolute Gasteiger partial charge is 0.243 e. The number of hydrogen-bond acceptors (Lipinski definition) is 7. The monoisotopic (exact) mass is 334 g/mol. The molecule has 0 amide bonds. The van der Waals surface area contributed by atoms with Crippen LogP contribution in [0.15, 0.2) is 28.8 Å². The Kier molecular flexibility index (Phi) is 5.29. The van der Waals surface area contributed by atoms with E-state index in [0.29, 0.717) is 24.5 Å². The summed E-state index contributed by atoms with van der Waals surface area (Å²) in [6.45, 7) is 4.75. The predicted octanol–water partition coefficient (Wildman–Crippen LogP) is 0.550. The van der Waals surface area contributed by atoms with Crippen molar-refractivity contribution < 1.29 is 18.8 Å². The van der Waals surface area contributed by atoms with Crippen molar-refractivity contribution in [2.75, 3.05) is 39.3 Å². The van der Waals surface area contributed by atoms with Crippen molar-refractivity contribution in [1.29, 1.82) is 0 Å². The zero-order chi connectivity index (χ0) is 16.9. The minimum absolute atomic E-state index is 0.0180. The van der Waals surface area contributed by atoms with Crippen LogP contribution in [0.25, 0.3) is 0 Å². The van der Waals surface area contributed by atoms with Crippen LogP contribution in [-0.4, -0.2) is 70.2 Å². The molecule has 0 unspecified atom stereocenters. The van der Waals surface area contributed by atoms with Gasteiger partial charge in [0.1, 0.15) is 5.82 Å². The van der Waals surface area contributed by atoms with Crippen molar-refractivity contribution in [2.24, 2.45) is 0 Å². The molecule has 1 aromatic carbocycles. The van der Waals surface area contributed by atoms with Crippen LogP contribution in [0.4, 0.5) is 4.39 Å². The fraction of sp³-hybridized carbons (Fsp3) is 0.438. The molecule has 1 aromatic heterocycles. The summed E-state index contributed by atoms with van der Waals surface area (Å²) in [7, 11) is 0. The number of piperazine rings is 1. The van der Waals surface area contributed by atoms with Crippen molar-refractivity contribution in [3.63, 3.8) is 0 Å². The molecule has 1 N–H and O–H groups in total. The highest BCUT2D eigenvalue weighted by atomic mass is 19.1. The molecule has 3 rings (SSSR count). The van der Waals surface area contributed by atoms with Crippen LogP contribution < -0.4 is 0 Å². The van der Waals surface area contributed by atoms with E-state index in [2.05, 4.69) is 19.9 Å². The third-order valence-corrected chi connectivity index (χ3v) is 4.02. The molecule has 0 spiro atoms. The predicted molar refractivity (Wildman–Crippen MR) is 82.9 cm³/mol. The van der Waals surface area contributed by atoms with Crippen LogP contribution in [0.1, 0.15) is 22.1 Å². The summed E-state index contributed by atoms with van der Waals surface area (Å²) in [6.07, 6.45) is 0. The molecule has 7 nitrogen and oxygen atoms in total. The fourth-order valence-electron chi connectivity index (χ4n) is 2.65. The van der Waals surface area contributed by atoms with Gasteiger partial charge in [-0.05, 0) is 24.3 Å². The van der Waals surface area contributed by atoms with Crippen molar-refractivity contribution in [2.45, 2.75) is 6.54 Å². The minimum Gasteiger partial charge on any atom is -0.395 e. The number of β-amino-alcohol motifs (C(OH)–C–C–N with tert-alkyl or cyclic N) is 1.